The molecule has 0 spiro atoms. The summed E-state index contributed by atoms with van der Waals surface area (Å²) in [7, 11) is 0. The van der Waals surface area contributed by atoms with Crippen LogP contribution in [0.15, 0.2) is 22.7 Å². The van der Waals surface area contributed by atoms with Crippen molar-refractivity contribution in [3.63, 3.8) is 0 Å². The highest BCUT2D eigenvalue weighted by Gasteiger charge is 2.38. The minimum absolute atomic E-state index is 0.111. The maximum atomic E-state index is 12.1. The summed E-state index contributed by atoms with van der Waals surface area (Å²) in [5, 5.41) is 0.581. The average molecular weight is 346 g/mol. The highest BCUT2D eigenvalue weighted by Crippen LogP contribution is 2.31. The summed E-state index contributed by atoms with van der Waals surface area (Å²) < 4.78 is 0.882. The summed E-state index contributed by atoms with van der Waals surface area (Å²) in [6.07, 6.45) is 0. The van der Waals surface area contributed by atoms with Crippen molar-refractivity contribution in [1.82, 2.24) is 9.80 Å². The van der Waals surface area contributed by atoms with E-state index in [2.05, 4.69) is 15.9 Å². The molecule has 0 radical (unpaired) electrons. The van der Waals surface area contributed by atoms with Crippen molar-refractivity contribution in [3.05, 3.63) is 33.3 Å². The predicted molar refractivity (Wildman–Crippen MR) is 77.1 cm³/mol. The van der Waals surface area contributed by atoms with Crippen LogP contribution in [0.3, 0.4) is 0 Å². The van der Waals surface area contributed by atoms with Crippen LogP contribution >= 0.6 is 27.5 Å². The molecule has 0 bridgehead atoms. The van der Waals surface area contributed by atoms with Crippen molar-refractivity contribution in [2.45, 2.75) is 19.9 Å². The number of hydrogen-bond acceptors (Lipinski definition) is 2. The molecule has 0 N–H and O–H groups in total. The fourth-order valence-corrected chi connectivity index (χ4v) is 3.01. The molecule has 0 aliphatic carbocycles. The molecule has 1 aromatic carbocycles. The minimum atomic E-state index is -0.251. The quantitative estimate of drug-likeness (QED) is 0.787. The van der Waals surface area contributed by atoms with Crippen molar-refractivity contribution < 1.29 is 9.59 Å². The van der Waals surface area contributed by atoms with Crippen LogP contribution < -0.4 is 0 Å². The minimum Gasteiger partial charge on any atom is -0.308 e. The smallest absolute Gasteiger partial charge is 0.308 e. The number of carbonyl (C=O) groups is 2. The molecule has 1 fully saturated rings. The Labute approximate surface area is 125 Å². The first kappa shape index (κ1) is 14.3. The summed E-state index contributed by atoms with van der Waals surface area (Å²) in [6, 6.07) is 5.04. The molecule has 1 aromatic rings. The van der Waals surface area contributed by atoms with Crippen LogP contribution in [0, 0.1) is 0 Å². The third-order valence-electron chi connectivity index (χ3n) is 3.28. The predicted octanol–water partition coefficient (Wildman–Crippen LogP) is 3.45. The van der Waals surface area contributed by atoms with Gasteiger partial charge in [0.05, 0.1) is 6.04 Å². The Morgan fingerprint density at radius 1 is 1.42 bits per heavy atom. The maximum absolute atomic E-state index is 12.1. The van der Waals surface area contributed by atoms with Gasteiger partial charge in [-0.25, -0.2) is 4.79 Å². The normalized spacial score (nSPS) is 17.3. The number of imide groups is 1. The van der Waals surface area contributed by atoms with Gasteiger partial charge in [-0.1, -0.05) is 33.6 Å². The number of benzene rings is 1. The van der Waals surface area contributed by atoms with Gasteiger partial charge < -0.3 is 4.90 Å². The zero-order valence-corrected chi connectivity index (χ0v) is 13.0. The molecule has 1 aliphatic heterocycles. The maximum Gasteiger partial charge on any atom is 0.327 e. The Morgan fingerprint density at radius 2 is 2.11 bits per heavy atom. The molecule has 1 saturated heterocycles. The van der Waals surface area contributed by atoms with Crippen molar-refractivity contribution in [1.29, 1.82) is 0 Å². The Bertz CT molecular complexity index is 535. The lowest BCUT2D eigenvalue weighted by atomic mass is 10.1. The Kier molecular flexibility index (Phi) is 4.16. The molecule has 102 valence electrons. The van der Waals surface area contributed by atoms with E-state index in [4.69, 9.17) is 11.6 Å². The van der Waals surface area contributed by atoms with Crippen molar-refractivity contribution >= 4 is 39.5 Å². The first-order chi connectivity index (χ1) is 8.95. The van der Waals surface area contributed by atoms with Gasteiger partial charge in [0.25, 0.3) is 0 Å². The number of halogens is 2. The van der Waals surface area contributed by atoms with Gasteiger partial charge in [-0.2, -0.15) is 0 Å². The molecule has 0 unspecified atom stereocenters. The molecule has 3 amide bonds. The van der Waals surface area contributed by atoms with Gasteiger partial charge >= 0.3 is 6.03 Å². The highest BCUT2D eigenvalue weighted by molar-refractivity contribution is 9.10. The van der Waals surface area contributed by atoms with Crippen LogP contribution in [0.4, 0.5) is 4.79 Å². The lowest BCUT2D eigenvalue weighted by molar-refractivity contribution is -0.125. The van der Waals surface area contributed by atoms with Crippen LogP contribution in [-0.2, 0) is 4.79 Å². The molecule has 6 heteroatoms. The summed E-state index contributed by atoms with van der Waals surface area (Å²) in [4.78, 5) is 26.6. The molecule has 0 saturated carbocycles. The van der Waals surface area contributed by atoms with Crippen LogP contribution in [0.5, 0.6) is 0 Å². The molecule has 4 nitrogen and oxygen atoms in total. The SMILES string of the molecule is CCN1C(=O)CN([C@H](C)c2ccc(Br)cc2Cl)C1=O. The fourth-order valence-electron chi connectivity index (χ4n) is 2.18. The first-order valence-electron chi connectivity index (χ1n) is 6.01. The van der Waals surface area contributed by atoms with E-state index in [-0.39, 0.29) is 24.5 Å². The summed E-state index contributed by atoms with van der Waals surface area (Å²) in [5.74, 6) is -0.160. The Balaban J connectivity index is 2.27. The first-order valence-corrected chi connectivity index (χ1v) is 7.18. The fraction of sp³-hybridized carbons (Fsp3) is 0.385. The van der Waals surface area contributed by atoms with Crippen molar-refractivity contribution in [2.24, 2.45) is 0 Å². The number of carbonyl (C=O) groups excluding carboxylic acids is 2. The molecule has 19 heavy (non-hydrogen) atoms. The lowest BCUT2D eigenvalue weighted by Crippen LogP contribution is -2.34. The second-order valence-corrected chi connectivity index (χ2v) is 5.71. The topological polar surface area (TPSA) is 40.6 Å². The molecular weight excluding hydrogens is 332 g/mol. The average Bonchev–Trinajstić information content (AvgIpc) is 2.63. The number of urea groups is 1. The van der Waals surface area contributed by atoms with E-state index in [1.54, 1.807) is 17.9 Å². The van der Waals surface area contributed by atoms with E-state index < -0.39 is 0 Å². The van der Waals surface area contributed by atoms with E-state index in [1.165, 1.54) is 4.90 Å². The van der Waals surface area contributed by atoms with Crippen LogP contribution in [0.2, 0.25) is 5.02 Å². The molecule has 1 atom stereocenters. The number of amides is 3. The molecule has 1 heterocycles. The number of likely N-dealkylation sites (N-methyl/N-ethyl adjacent to an activating group) is 1. The van der Waals surface area contributed by atoms with E-state index >= 15 is 0 Å². The van der Waals surface area contributed by atoms with Gasteiger partial charge in [0.2, 0.25) is 5.91 Å². The second-order valence-electron chi connectivity index (χ2n) is 4.39. The van der Waals surface area contributed by atoms with Crippen molar-refractivity contribution in [3.8, 4) is 0 Å². The molecule has 2 rings (SSSR count). The van der Waals surface area contributed by atoms with Gasteiger partial charge in [-0.3, -0.25) is 9.69 Å². The van der Waals surface area contributed by atoms with Gasteiger partial charge in [0.15, 0.2) is 0 Å². The van der Waals surface area contributed by atoms with Gasteiger partial charge in [-0.15, -0.1) is 0 Å². The highest BCUT2D eigenvalue weighted by atomic mass is 79.9. The molecule has 0 aromatic heterocycles. The molecular formula is C13H14BrClN2O2. The van der Waals surface area contributed by atoms with Crippen molar-refractivity contribution in [2.75, 3.05) is 13.1 Å². The van der Waals surface area contributed by atoms with E-state index in [0.29, 0.717) is 11.6 Å². The van der Waals surface area contributed by atoms with Crippen LogP contribution in [0.1, 0.15) is 25.5 Å². The van der Waals surface area contributed by atoms with E-state index in [9.17, 15) is 9.59 Å². The van der Waals surface area contributed by atoms with Crippen LogP contribution in [-0.4, -0.2) is 34.8 Å². The number of nitrogens with zero attached hydrogens (tertiary/aromatic N) is 2. The van der Waals surface area contributed by atoms with Gasteiger partial charge in [-0.05, 0) is 31.5 Å². The zero-order chi connectivity index (χ0) is 14.2. The second kappa shape index (κ2) is 5.51. The third kappa shape index (κ3) is 2.62. The van der Waals surface area contributed by atoms with Crippen LogP contribution in [0.25, 0.3) is 0 Å². The third-order valence-corrected chi connectivity index (χ3v) is 4.10. The lowest BCUT2D eigenvalue weighted by Gasteiger charge is -2.24. The zero-order valence-electron chi connectivity index (χ0n) is 10.7. The molecule has 1 aliphatic rings. The monoisotopic (exact) mass is 344 g/mol. The summed E-state index contributed by atoms with van der Waals surface area (Å²) in [6.45, 7) is 4.17. The number of hydrogen-bond donors (Lipinski definition) is 0. The van der Waals surface area contributed by atoms with E-state index in [1.807, 2.05) is 19.1 Å². The summed E-state index contributed by atoms with van der Waals surface area (Å²) >= 11 is 9.53. The van der Waals surface area contributed by atoms with E-state index in [0.717, 1.165) is 10.0 Å². The summed E-state index contributed by atoms with van der Waals surface area (Å²) in [5.41, 5.74) is 0.837. The Hall–Kier alpha value is -1.07. The number of rotatable bonds is 3. The standard InChI is InChI=1S/C13H14BrClN2O2/c1-3-16-12(18)7-17(13(16)19)8(2)10-5-4-9(14)6-11(10)15/h4-6,8H,3,7H2,1-2H3/t8-/m1/s1. The van der Waals surface area contributed by atoms with Gasteiger partial charge in [0.1, 0.15) is 6.54 Å². The Morgan fingerprint density at radius 3 is 2.63 bits per heavy atom. The largest absolute Gasteiger partial charge is 0.327 e. The van der Waals surface area contributed by atoms with Gasteiger partial charge in [0, 0.05) is 16.0 Å².